The van der Waals surface area contributed by atoms with E-state index in [1.54, 1.807) is 0 Å². The SMILES string of the molecule is CCS(=O)CCNC(=O)[C@H](N)Cc1ccccc1. The number of nitrogens with two attached hydrogens (primary N) is 1. The number of nitrogens with one attached hydrogen (secondary N) is 1. The second-order valence-electron chi connectivity index (χ2n) is 4.02. The maximum absolute atomic E-state index is 11.7. The molecule has 0 radical (unpaired) electrons. The van der Waals surface area contributed by atoms with Crippen LogP contribution in [0.2, 0.25) is 0 Å². The lowest BCUT2D eigenvalue weighted by molar-refractivity contribution is -0.122. The van der Waals surface area contributed by atoms with Crippen LogP contribution in [0, 0.1) is 0 Å². The summed E-state index contributed by atoms with van der Waals surface area (Å²) in [5.41, 5.74) is 6.85. The van der Waals surface area contributed by atoms with Crippen molar-refractivity contribution in [3.05, 3.63) is 35.9 Å². The predicted octanol–water partition coefficient (Wildman–Crippen LogP) is 0.441. The Morgan fingerprint density at radius 1 is 1.39 bits per heavy atom. The minimum Gasteiger partial charge on any atom is -0.354 e. The first kappa shape index (κ1) is 14.9. The van der Waals surface area contributed by atoms with Crippen molar-refractivity contribution < 1.29 is 9.00 Å². The third kappa shape index (κ3) is 5.42. The zero-order valence-corrected chi connectivity index (χ0v) is 11.4. The molecule has 0 aliphatic heterocycles. The van der Waals surface area contributed by atoms with Gasteiger partial charge in [-0.15, -0.1) is 0 Å². The summed E-state index contributed by atoms with van der Waals surface area (Å²) in [7, 11) is -0.850. The Labute approximate surface area is 110 Å². The Balaban J connectivity index is 2.31. The lowest BCUT2D eigenvalue weighted by Crippen LogP contribution is -2.43. The highest BCUT2D eigenvalue weighted by Crippen LogP contribution is 2.01. The van der Waals surface area contributed by atoms with Crippen LogP contribution in [-0.4, -0.2) is 34.2 Å². The predicted molar refractivity (Wildman–Crippen MR) is 74.7 cm³/mol. The van der Waals surface area contributed by atoms with Crippen molar-refractivity contribution in [3.63, 3.8) is 0 Å². The second-order valence-corrected chi connectivity index (χ2v) is 5.89. The maximum atomic E-state index is 11.7. The van der Waals surface area contributed by atoms with Crippen LogP contribution in [-0.2, 0) is 22.0 Å². The number of hydrogen-bond acceptors (Lipinski definition) is 3. The second kappa shape index (κ2) is 8.00. The van der Waals surface area contributed by atoms with Crippen LogP contribution >= 0.6 is 0 Å². The molecule has 0 bridgehead atoms. The Morgan fingerprint density at radius 3 is 2.67 bits per heavy atom. The monoisotopic (exact) mass is 268 g/mol. The first-order valence-electron chi connectivity index (χ1n) is 6.05. The molecule has 2 atom stereocenters. The molecular weight excluding hydrogens is 248 g/mol. The average molecular weight is 268 g/mol. The summed E-state index contributed by atoms with van der Waals surface area (Å²) in [6.45, 7) is 2.28. The van der Waals surface area contributed by atoms with Crippen molar-refractivity contribution in [3.8, 4) is 0 Å². The summed E-state index contributed by atoms with van der Waals surface area (Å²) in [5.74, 6) is 0.915. The van der Waals surface area contributed by atoms with E-state index in [9.17, 15) is 9.00 Å². The number of carbonyl (C=O) groups is 1. The van der Waals surface area contributed by atoms with E-state index in [4.69, 9.17) is 5.73 Å². The van der Waals surface area contributed by atoms with Gasteiger partial charge in [-0.05, 0) is 12.0 Å². The number of rotatable bonds is 7. The minimum absolute atomic E-state index is 0.188. The lowest BCUT2D eigenvalue weighted by Gasteiger charge is -2.12. The molecule has 1 aromatic carbocycles. The van der Waals surface area contributed by atoms with Gasteiger partial charge in [0, 0.05) is 28.9 Å². The summed E-state index contributed by atoms with van der Waals surface area (Å²) < 4.78 is 11.2. The molecule has 1 rings (SSSR count). The van der Waals surface area contributed by atoms with Gasteiger partial charge in [-0.25, -0.2) is 0 Å². The number of amides is 1. The molecule has 4 nitrogen and oxygen atoms in total. The zero-order valence-electron chi connectivity index (χ0n) is 10.6. The molecule has 0 aliphatic rings. The highest BCUT2D eigenvalue weighted by Gasteiger charge is 2.13. The fourth-order valence-corrected chi connectivity index (χ4v) is 2.14. The van der Waals surface area contributed by atoms with Gasteiger partial charge in [0.1, 0.15) is 0 Å². The molecule has 0 saturated heterocycles. The normalized spacial score (nSPS) is 13.9. The minimum atomic E-state index is -0.850. The van der Waals surface area contributed by atoms with Crippen LogP contribution in [0.3, 0.4) is 0 Å². The molecule has 1 aromatic rings. The van der Waals surface area contributed by atoms with Crippen molar-refractivity contribution in [2.24, 2.45) is 5.73 Å². The van der Waals surface area contributed by atoms with E-state index >= 15 is 0 Å². The smallest absolute Gasteiger partial charge is 0.237 e. The molecule has 0 saturated carbocycles. The van der Waals surface area contributed by atoms with Gasteiger partial charge >= 0.3 is 0 Å². The molecule has 0 heterocycles. The van der Waals surface area contributed by atoms with Gasteiger partial charge in [0.25, 0.3) is 0 Å². The molecular formula is C13H20N2O2S. The quantitative estimate of drug-likeness (QED) is 0.754. The van der Waals surface area contributed by atoms with Crippen LogP contribution in [0.25, 0.3) is 0 Å². The van der Waals surface area contributed by atoms with E-state index in [1.807, 2.05) is 37.3 Å². The van der Waals surface area contributed by atoms with E-state index in [0.29, 0.717) is 24.5 Å². The van der Waals surface area contributed by atoms with Crippen LogP contribution < -0.4 is 11.1 Å². The van der Waals surface area contributed by atoms with Crippen molar-refractivity contribution in [2.45, 2.75) is 19.4 Å². The molecule has 0 fully saturated rings. The molecule has 3 N–H and O–H groups in total. The van der Waals surface area contributed by atoms with Crippen LogP contribution in [0.1, 0.15) is 12.5 Å². The van der Waals surface area contributed by atoms with E-state index in [1.165, 1.54) is 0 Å². The Kier molecular flexibility index (Phi) is 6.60. The van der Waals surface area contributed by atoms with Gasteiger partial charge in [-0.3, -0.25) is 9.00 Å². The van der Waals surface area contributed by atoms with Gasteiger partial charge in [0.05, 0.1) is 6.04 Å². The number of benzene rings is 1. The Bertz CT molecular complexity index is 395. The third-order valence-corrected chi connectivity index (χ3v) is 3.89. The average Bonchev–Trinajstić information content (AvgIpc) is 2.39. The molecule has 0 aliphatic carbocycles. The van der Waals surface area contributed by atoms with Gasteiger partial charge in [0.2, 0.25) is 5.91 Å². The van der Waals surface area contributed by atoms with Crippen LogP contribution in [0.5, 0.6) is 0 Å². The molecule has 0 spiro atoms. The van der Waals surface area contributed by atoms with E-state index in [2.05, 4.69) is 5.32 Å². The van der Waals surface area contributed by atoms with Gasteiger partial charge in [0.15, 0.2) is 0 Å². The third-order valence-electron chi connectivity index (χ3n) is 2.59. The van der Waals surface area contributed by atoms with Gasteiger partial charge < -0.3 is 11.1 Å². The fraction of sp³-hybridized carbons (Fsp3) is 0.462. The summed E-state index contributed by atoms with van der Waals surface area (Å²) >= 11 is 0. The van der Waals surface area contributed by atoms with Gasteiger partial charge in [-0.2, -0.15) is 0 Å². The van der Waals surface area contributed by atoms with Crippen LogP contribution in [0.15, 0.2) is 30.3 Å². The molecule has 5 heteroatoms. The largest absolute Gasteiger partial charge is 0.354 e. The van der Waals surface area contributed by atoms with Crippen LogP contribution in [0.4, 0.5) is 0 Å². The molecule has 0 aromatic heterocycles. The van der Waals surface area contributed by atoms with Gasteiger partial charge in [-0.1, -0.05) is 37.3 Å². The van der Waals surface area contributed by atoms with E-state index in [-0.39, 0.29) is 5.91 Å². The van der Waals surface area contributed by atoms with Crippen molar-refractivity contribution in [1.29, 1.82) is 0 Å². The lowest BCUT2D eigenvalue weighted by atomic mass is 10.1. The maximum Gasteiger partial charge on any atom is 0.237 e. The molecule has 1 unspecified atom stereocenters. The van der Waals surface area contributed by atoms with Crippen molar-refractivity contribution >= 4 is 16.7 Å². The summed E-state index contributed by atoms with van der Waals surface area (Å²) in [4.78, 5) is 11.7. The van der Waals surface area contributed by atoms with Crippen molar-refractivity contribution in [1.82, 2.24) is 5.32 Å². The van der Waals surface area contributed by atoms with E-state index < -0.39 is 16.8 Å². The number of hydrogen-bond donors (Lipinski definition) is 2. The topological polar surface area (TPSA) is 72.2 Å². The number of carbonyl (C=O) groups excluding carboxylic acids is 1. The highest BCUT2D eigenvalue weighted by atomic mass is 32.2. The first-order chi connectivity index (χ1) is 8.63. The first-order valence-corrected chi connectivity index (χ1v) is 7.54. The molecule has 1 amide bonds. The van der Waals surface area contributed by atoms with E-state index in [0.717, 1.165) is 5.56 Å². The highest BCUT2D eigenvalue weighted by molar-refractivity contribution is 7.84. The zero-order chi connectivity index (χ0) is 13.4. The molecule has 18 heavy (non-hydrogen) atoms. The summed E-state index contributed by atoms with van der Waals surface area (Å²) in [6.07, 6.45) is 0.517. The Hall–Kier alpha value is -1.20. The molecule has 100 valence electrons. The Morgan fingerprint density at radius 2 is 2.06 bits per heavy atom. The van der Waals surface area contributed by atoms with Crippen molar-refractivity contribution in [2.75, 3.05) is 18.1 Å². The standard InChI is InChI=1S/C13H20N2O2S/c1-2-18(17)9-8-15-13(16)12(14)10-11-6-4-3-5-7-11/h3-7,12H,2,8-10,14H2,1H3,(H,15,16)/t12-,18?/m1/s1. The fourth-order valence-electron chi connectivity index (χ4n) is 1.52. The summed E-state index contributed by atoms with van der Waals surface area (Å²) in [5, 5.41) is 2.71. The summed E-state index contributed by atoms with van der Waals surface area (Å²) in [6, 6.07) is 9.10.